The molecule has 0 N–H and O–H groups in total. The standard InChI is InChI=1S/C13H12N2O2/c1-9-12(8-16)7-15(14-9)13-5-3-11(4-6-13)10(2)17/h3-8H,1-2H3. The molecule has 1 aromatic heterocycles. The van der Waals surface area contributed by atoms with Gasteiger partial charge in [-0.3, -0.25) is 9.59 Å². The van der Waals surface area contributed by atoms with Crippen LogP contribution in [0.25, 0.3) is 5.69 Å². The number of hydrogen-bond donors (Lipinski definition) is 0. The summed E-state index contributed by atoms with van der Waals surface area (Å²) in [7, 11) is 0. The Kier molecular flexibility index (Phi) is 2.87. The topological polar surface area (TPSA) is 52.0 Å². The number of Topliss-reactive ketones (excluding diaryl/α,β-unsaturated/α-hetero) is 1. The Morgan fingerprint density at radius 1 is 1.29 bits per heavy atom. The summed E-state index contributed by atoms with van der Waals surface area (Å²) in [6, 6.07) is 7.10. The maximum absolute atomic E-state index is 11.1. The van der Waals surface area contributed by atoms with Crippen molar-refractivity contribution in [2.24, 2.45) is 0 Å². The minimum Gasteiger partial charge on any atom is -0.298 e. The average molecular weight is 228 g/mol. The van der Waals surface area contributed by atoms with Crippen LogP contribution in [0.5, 0.6) is 0 Å². The molecule has 2 rings (SSSR count). The highest BCUT2D eigenvalue weighted by molar-refractivity contribution is 5.94. The largest absolute Gasteiger partial charge is 0.298 e. The molecule has 0 aliphatic carbocycles. The van der Waals surface area contributed by atoms with E-state index >= 15 is 0 Å². The minimum absolute atomic E-state index is 0.0294. The number of carbonyl (C=O) groups is 2. The van der Waals surface area contributed by atoms with Crippen LogP contribution in [-0.2, 0) is 0 Å². The van der Waals surface area contributed by atoms with Crippen LogP contribution in [0.2, 0.25) is 0 Å². The summed E-state index contributed by atoms with van der Waals surface area (Å²) in [5, 5.41) is 4.23. The Bertz CT molecular complexity index is 568. The maximum atomic E-state index is 11.1. The van der Waals surface area contributed by atoms with Crippen molar-refractivity contribution in [3.05, 3.63) is 47.3 Å². The molecule has 4 heteroatoms. The van der Waals surface area contributed by atoms with Crippen LogP contribution in [0, 0.1) is 6.92 Å². The van der Waals surface area contributed by atoms with E-state index in [1.165, 1.54) is 6.92 Å². The van der Waals surface area contributed by atoms with Gasteiger partial charge in [-0.15, -0.1) is 0 Å². The van der Waals surface area contributed by atoms with E-state index in [-0.39, 0.29) is 5.78 Å². The number of benzene rings is 1. The van der Waals surface area contributed by atoms with Crippen LogP contribution in [0.3, 0.4) is 0 Å². The van der Waals surface area contributed by atoms with E-state index in [1.54, 1.807) is 42.1 Å². The van der Waals surface area contributed by atoms with Crippen LogP contribution in [0.15, 0.2) is 30.5 Å². The van der Waals surface area contributed by atoms with E-state index in [0.29, 0.717) is 16.8 Å². The second-order valence-electron chi connectivity index (χ2n) is 3.84. The summed E-state index contributed by atoms with van der Waals surface area (Å²) in [5.41, 5.74) is 2.75. The Morgan fingerprint density at radius 3 is 2.41 bits per heavy atom. The molecule has 86 valence electrons. The quantitative estimate of drug-likeness (QED) is 0.597. The molecule has 0 amide bonds. The van der Waals surface area contributed by atoms with Gasteiger partial charge in [0.1, 0.15) is 0 Å². The third-order valence-electron chi connectivity index (χ3n) is 2.60. The lowest BCUT2D eigenvalue weighted by Crippen LogP contribution is -1.97. The van der Waals surface area contributed by atoms with Gasteiger partial charge in [0.25, 0.3) is 0 Å². The van der Waals surface area contributed by atoms with Gasteiger partial charge in [-0.2, -0.15) is 5.10 Å². The van der Waals surface area contributed by atoms with Crippen LogP contribution >= 0.6 is 0 Å². The molecule has 0 saturated heterocycles. The van der Waals surface area contributed by atoms with Gasteiger partial charge >= 0.3 is 0 Å². The lowest BCUT2D eigenvalue weighted by atomic mass is 10.1. The number of aldehydes is 1. The SMILES string of the molecule is CC(=O)c1ccc(-n2cc(C=O)c(C)n2)cc1. The summed E-state index contributed by atoms with van der Waals surface area (Å²) in [4.78, 5) is 21.8. The van der Waals surface area contributed by atoms with Gasteiger partial charge in [0, 0.05) is 11.8 Å². The molecule has 1 aromatic carbocycles. The zero-order valence-electron chi connectivity index (χ0n) is 9.68. The van der Waals surface area contributed by atoms with Gasteiger partial charge in [0.2, 0.25) is 0 Å². The summed E-state index contributed by atoms with van der Waals surface area (Å²) >= 11 is 0. The van der Waals surface area contributed by atoms with E-state index in [1.807, 2.05) is 0 Å². The number of nitrogens with zero attached hydrogens (tertiary/aromatic N) is 2. The molecular weight excluding hydrogens is 216 g/mol. The van der Waals surface area contributed by atoms with E-state index in [9.17, 15) is 9.59 Å². The fraction of sp³-hybridized carbons (Fsp3) is 0.154. The predicted molar refractivity (Wildman–Crippen MR) is 63.7 cm³/mol. The van der Waals surface area contributed by atoms with Gasteiger partial charge in [0.15, 0.2) is 12.1 Å². The van der Waals surface area contributed by atoms with Crippen LogP contribution < -0.4 is 0 Å². The molecule has 0 aliphatic heterocycles. The van der Waals surface area contributed by atoms with Gasteiger partial charge in [-0.05, 0) is 38.1 Å². The molecule has 0 radical (unpaired) electrons. The number of rotatable bonds is 3. The van der Waals surface area contributed by atoms with Crippen molar-refractivity contribution >= 4 is 12.1 Å². The number of aryl methyl sites for hydroxylation is 1. The van der Waals surface area contributed by atoms with E-state index in [2.05, 4.69) is 5.10 Å². The van der Waals surface area contributed by atoms with Crippen molar-refractivity contribution in [2.45, 2.75) is 13.8 Å². The number of ketones is 1. The first-order valence-corrected chi connectivity index (χ1v) is 5.24. The van der Waals surface area contributed by atoms with Crippen LogP contribution in [0.1, 0.15) is 33.3 Å². The summed E-state index contributed by atoms with van der Waals surface area (Å²) < 4.78 is 1.63. The molecule has 4 nitrogen and oxygen atoms in total. The molecule has 0 spiro atoms. The average Bonchev–Trinajstić information content (AvgIpc) is 2.70. The van der Waals surface area contributed by atoms with E-state index in [0.717, 1.165) is 12.0 Å². The Balaban J connectivity index is 2.39. The van der Waals surface area contributed by atoms with Crippen LogP contribution in [0.4, 0.5) is 0 Å². The predicted octanol–water partition coefficient (Wildman–Crippen LogP) is 2.20. The van der Waals surface area contributed by atoms with Gasteiger partial charge < -0.3 is 0 Å². The van der Waals surface area contributed by atoms with Gasteiger partial charge in [-0.25, -0.2) is 4.68 Å². The fourth-order valence-electron chi connectivity index (χ4n) is 1.57. The summed E-state index contributed by atoms with van der Waals surface area (Å²) in [6.07, 6.45) is 2.45. The Hall–Kier alpha value is -2.23. The first-order chi connectivity index (χ1) is 8.11. The lowest BCUT2D eigenvalue weighted by Gasteiger charge is -2.01. The highest BCUT2D eigenvalue weighted by Gasteiger charge is 2.05. The zero-order valence-corrected chi connectivity index (χ0v) is 9.68. The fourth-order valence-corrected chi connectivity index (χ4v) is 1.57. The molecule has 2 aromatic rings. The molecule has 0 saturated carbocycles. The third-order valence-corrected chi connectivity index (χ3v) is 2.60. The maximum Gasteiger partial charge on any atom is 0.159 e. The summed E-state index contributed by atoms with van der Waals surface area (Å²) in [6.45, 7) is 3.31. The molecule has 0 bridgehead atoms. The van der Waals surface area contributed by atoms with Crippen molar-refractivity contribution in [3.8, 4) is 5.69 Å². The van der Waals surface area contributed by atoms with E-state index in [4.69, 9.17) is 0 Å². The highest BCUT2D eigenvalue weighted by atomic mass is 16.1. The Labute approximate surface area is 98.9 Å². The van der Waals surface area contributed by atoms with Crippen molar-refractivity contribution in [1.82, 2.24) is 9.78 Å². The van der Waals surface area contributed by atoms with Gasteiger partial charge in [0.05, 0.1) is 16.9 Å². The molecule has 0 unspecified atom stereocenters. The van der Waals surface area contributed by atoms with Crippen molar-refractivity contribution in [1.29, 1.82) is 0 Å². The van der Waals surface area contributed by atoms with Gasteiger partial charge in [-0.1, -0.05) is 0 Å². The zero-order chi connectivity index (χ0) is 12.4. The van der Waals surface area contributed by atoms with Crippen molar-refractivity contribution in [2.75, 3.05) is 0 Å². The Morgan fingerprint density at radius 2 is 1.94 bits per heavy atom. The first kappa shape index (κ1) is 11.3. The summed E-state index contributed by atoms with van der Waals surface area (Å²) in [5.74, 6) is 0.0294. The molecular formula is C13H12N2O2. The molecule has 0 aliphatic rings. The third kappa shape index (κ3) is 2.15. The second kappa shape index (κ2) is 4.33. The smallest absolute Gasteiger partial charge is 0.159 e. The lowest BCUT2D eigenvalue weighted by molar-refractivity contribution is 0.101. The number of aromatic nitrogens is 2. The highest BCUT2D eigenvalue weighted by Crippen LogP contribution is 2.12. The van der Waals surface area contributed by atoms with Crippen molar-refractivity contribution in [3.63, 3.8) is 0 Å². The monoisotopic (exact) mass is 228 g/mol. The van der Waals surface area contributed by atoms with Crippen molar-refractivity contribution < 1.29 is 9.59 Å². The molecule has 17 heavy (non-hydrogen) atoms. The first-order valence-electron chi connectivity index (χ1n) is 5.24. The second-order valence-corrected chi connectivity index (χ2v) is 3.84. The molecule has 1 heterocycles. The minimum atomic E-state index is 0.0294. The molecule has 0 fully saturated rings. The van der Waals surface area contributed by atoms with E-state index < -0.39 is 0 Å². The number of carbonyl (C=O) groups excluding carboxylic acids is 2. The van der Waals surface area contributed by atoms with Crippen LogP contribution in [-0.4, -0.2) is 21.8 Å². The normalized spacial score (nSPS) is 10.2. The molecule has 0 atom stereocenters. The number of hydrogen-bond acceptors (Lipinski definition) is 3.